The Bertz CT molecular complexity index is 1010. The number of nitrogens with one attached hydrogen (secondary N) is 1. The summed E-state index contributed by atoms with van der Waals surface area (Å²) in [5.41, 5.74) is 3.61. The molecular formula is C28H38N4O3. The fraction of sp³-hybridized carbons (Fsp3) is 0.536. The van der Waals surface area contributed by atoms with Crippen molar-refractivity contribution in [3.8, 4) is 11.5 Å². The number of fused-ring (bicyclic) bond motifs is 3. The second-order valence-corrected chi connectivity index (χ2v) is 9.90. The van der Waals surface area contributed by atoms with Crippen LogP contribution >= 0.6 is 0 Å². The monoisotopic (exact) mass is 478 g/mol. The summed E-state index contributed by atoms with van der Waals surface area (Å²) in [5, 5.41) is 3.29. The molecule has 7 nitrogen and oxygen atoms in total. The van der Waals surface area contributed by atoms with Crippen LogP contribution in [0.1, 0.15) is 24.8 Å². The van der Waals surface area contributed by atoms with Crippen molar-refractivity contribution in [2.45, 2.75) is 31.7 Å². The van der Waals surface area contributed by atoms with Crippen LogP contribution in [-0.2, 0) is 11.2 Å². The quantitative estimate of drug-likeness (QED) is 0.660. The third kappa shape index (κ3) is 5.20. The molecule has 2 fully saturated rings. The molecule has 0 radical (unpaired) electrons. The van der Waals surface area contributed by atoms with Crippen molar-refractivity contribution in [3.63, 3.8) is 0 Å². The number of ether oxygens (including phenoxy) is 2. The van der Waals surface area contributed by atoms with E-state index in [4.69, 9.17) is 9.47 Å². The van der Waals surface area contributed by atoms with Crippen molar-refractivity contribution in [3.05, 3.63) is 48.0 Å². The van der Waals surface area contributed by atoms with E-state index >= 15 is 0 Å². The van der Waals surface area contributed by atoms with Gasteiger partial charge in [0.25, 0.3) is 0 Å². The highest BCUT2D eigenvalue weighted by Crippen LogP contribution is 2.39. The molecule has 0 aromatic heterocycles. The number of benzene rings is 2. The highest BCUT2D eigenvalue weighted by Gasteiger charge is 2.41. The Kier molecular flexibility index (Phi) is 7.32. The van der Waals surface area contributed by atoms with Crippen LogP contribution < -0.4 is 24.6 Å². The lowest BCUT2D eigenvalue weighted by molar-refractivity contribution is -0.125. The Hall–Kier alpha value is -2.93. The topological polar surface area (TPSA) is 57.3 Å². The number of hydrogen-bond donors (Lipinski definition) is 1. The molecule has 3 aliphatic heterocycles. The van der Waals surface area contributed by atoms with Gasteiger partial charge in [0.2, 0.25) is 5.91 Å². The zero-order valence-corrected chi connectivity index (χ0v) is 21.0. The van der Waals surface area contributed by atoms with Gasteiger partial charge in [0, 0.05) is 50.2 Å². The van der Waals surface area contributed by atoms with E-state index in [-0.39, 0.29) is 17.9 Å². The van der Waals surface area contributed by atoms with Crippen LogP contribution in [0.5, 0.6) is 11.5 Å². The van der Waals surface area contributed by atoms with Gasteiger partial charge in [-0.25, -0.2) is 0 Å². The Morgan fingerprint density at radius 2 is 1.69 bits per heavy atom. The van der Waals surface area contributed by atoms with Crippen molar-refractivity contribution >= 4 is 17.3 Å². The normalized spacial score (nSPS) is 22.2. The average molecular weight is 479 g/mol. The number of anilines is 2. The molecule has 3 aliphatic rings. The van der Waals surface area contributed by atoms with Gasteiger partial charge in [-0.05, 0) is 68.2 Å². The van der Waals surface area contributed by atoms with Crippen molar-refractivity contribution in [1.82, 2.24) is 10.2 Å². The molecule has 2 saturated heterocycles. The average Bonchev–Trinajstić information content (AvgIpc) is 2.92. The molecule has 188 valence electrons. The molecule has 1 N–H and O–H groups in total. The third-order valence-corrected chi connectivity index (χ3v) is 7.88. The number of amides is 1. The SMILES string of the molecule is COc1ccc(N2CCN3c4cc(OC)ccc4C[C@@H](C(=O)NCCN4CCCCC4)[C@@H]3C2)cc1. The summed E-state index contributed by atoms with van der Waals surface area (Å²) >= 11 is 0. The molecule has 2 aromatic carbocycles. The number of carbonyl (C=O) groups excluding carboxylic acids is 1. The van der Waals surface area contributed by atoms with Gasteiger partial charge in [0.1, 0.15) is 11.5 Å². The van der Waals surface area contributed by atoms with Crippen LogP contribution in [-0.4, -0.2) is 76.9 Å². The van der Waals surface area contributed by atoms with Crippen molar-refractivity contribution < 1.29 is 14.3 Å². The fourth-order valence-electron chi connectivity index (χ4n) is 5.88. The Morgan fingerprint density at radius 1 is 0.943 bits per heavy atom. The lowest BCUT2D eigenvalue weighted by Gasteiger charge is -2.49. The summed E-state index contributed by atoms with van der Waals surface area (Å²) in [5.74, 6) is 1.81. The first-order chi connectivity index (χ1) is 17.2. The van der Waals surface area contributed by atoms with E-state index in [0.29, 0.717) is 0 Å². The number of carbonyl (C=O) groups is 1. The molecule has 5 rings (SSSR count). The first kappa shape index (κ1) is 23.8. The van der Waals surface area contributed by atoms with Gasteiger partial charge >= 0.3 is 0 Å². The zero-order chi connectivity index (χ0) is 24.2. The van der Waals surface area contributed by atoms with Gasteiger partial charge in [-0.3, -0.25) is 4.79 Å². The third-order valence-electron chi connectivity index (χ3n) is 7.88. The highest BCUT2D eigenvalue weighted by molar-refractivity contribution is 5.82. The predicted octanol–water partition coefficient (Wildman–Crippen LogP) is 3.17. The maximum Gasteiger partial charge on any atom is 0.225 e. The van der Waals surface area contributed by atoms with Gasteiger partial charge in [-0.1, -0.05) is 12.5 Å². The molecule has 0 bridgehead atoms. The first-order valence-corrected chi connectivity index (χ1v) is 13.0. The van der Waals surface area contributed by atoms with Gasteiger partial charge < -0.3 is 29.5 Å². The van der Waals surface area contributed by atoms with Crippen LogP contribution in [0.15, 0.2) is 42.5 Å². The van der Waals surface area contributed by atoms with E-state index in [1.165, 1.54) is 36.2 Å². The molecule has 0 aliphatic carbocycles. The molecule has 35 heavy (non-hydrogen) atoms. The van der Waals surface area contributed by atoms with Crippen LogP contribution in [0.2, 0.25) is 0 Å². The minimum atomic E-state index is -0.0849. The summed E-state index contributed by atoms with van der Waals surface area (Å²) in [6, 6.07) is 14.6. The van der Waals surface area contributed by atoms with Crippen molar-refractivity contribution in [1.29, 1.82) is 0 Å². The Morgan fingerprint density at radius 3 is 2.43 bits per heavy atom. The number of hydrogen-bond acceptors (Lipinski definition) is 6. The second-order valence-electron chi connectivity index (χ2n) is 9.90. The van der Waals surface area contributed by atoms with E-state index in [9.17, 15) is 4.79 Å². The number of likely N-dealkylation sites (tertiary alicyclic amines) is 1. The molecule has 3 heterocycles. The molecule has 0 spiro atoms. The van der Waals surface area contributed by atoms with E-state index < -0.39 is 0 Å². The zero-order valence-electron chi connectivity index (χ0n) is 21.0. The highest BCUT2D eigenvalue weighted by atomic mass is 16.5. The summed E-state index contributed by atoms with van der Waals surface area (Å²) in [6.07, 6.45) is 4.63. The maximum atomic E-state index is 13.5. The molecule has 0 saturated carbocycles. The number of nitrogens with zero attached hydrogens (tertiary/aromatic N) is 3. The standard InChI is InChI=1S/C28H38N4O3/c1-34-23-10-7-22(8-11-23)31-16-17-32-26-19-24(35-2)9-6-21(26)18-25(27(32)20-31)28(33)29-12-15-30-13-4-3-5-14-30/h6-11,19,25,27H,3-5,12-18,20H2,1-2H3,(H,29,33)/t25-,27+/m1/s1. The van der Waals surface area contributed by atoms with Gasteiger partial charge in [-0.2, -0.15) is 0 Å². The first-order valence-electron chi connectivity index (χ1n) is 13.0. The van der Waals surface area contributed by atoms with Crippen molar-refractivity contribution in [2.75, 3.05) is 69.8 Å². The number of piperidine rings is 1. The summed E-state index contributed by atoms with van der Waals surface area (Å²) in [6.45, 7) is 6.56. The van der Waals surface area contributed by atoms with E-state index in [1.54, 1.807) is 14.2 Å². The summed E-state index contributed by atoms with van der Waals surface area (Å²) in [7, 11) is 3.40. The summed E-state index contributed by atoms with van der Waals surface area (Å²) < 4.78 is 10.9. The lowest BCUT2D eigenvalue weighted by Crippen LogP contribution is -2.61. The van der Waals surface area contributed by atoms with Crippen LogP contribution in [0.25, 0.3) is 0 Å². The fourth-order valence-corrected chi connectivity index (χ4v) is 5.88. The summed E-state index contributed by atoms with van der Waals surface area (Å²) in [4.78, 5) is 20.9. The van der Waals surface area contributed by atoms with Crippen LogP contribution in [0.4, 0.5) is 11.4 Å². The number of piperazine rings is 1. The minimum absolute atomic E-state index is 0.0849. The van der Waals surface area contributed by atoms with Gasteiger partial charge in [0.15, 0.2) is 0 Å². The minimum Gasteiger partial charge on any atom is -0.497 e. The largest absolute Gasteiger partial charge is 0.497 e. The molecule has 2 aromatic rings. The lowest BCUT2D eigenvalue weighted by atomic mass is 9.83. The second kappa shape index (κ2) is 10.8. The molecule has 1 amide bonds. The smallest absolute Gasteiger partial charge is 0.225 e. The Balaban J connectivity index is 1.33. The van der Waals surface area contributed by atoms with E-state index in [1.807, 2.05) is 18.2 Å². The molecule has 0 unspecified atom stereocenters. The maximum absolute atomic E-state index is 13.5. The van der Waals surface area contributed by atoms with Crippen LogP contribution in [0, 0.1) is 5.92 Å². The molecular weight excluding hydrogens is 440 g/mol. The van der Waals surface area contributed by atoms with Gasteiger partial charge in [-0.15, -0.1) is 0 Å². The van der Waals surface area contributed by atoms with E-state index in [2.05, 4.69) is 44.3 Å². The van der Waals surface area contributed by atoms with E-state index in [0.717, 1.165) is 63.7 Å². The number of rotatable bonds is 7. The Labute approximate surface area is 209 Å². The van der Waals surface area contributed by atoms with Gasteiger partial charge in [0.05, 0.1) is 26.2 Å². The number of methoxy groups -OCH3 is 2. The predicted molar refractivity (Wildman–Crippen MR) is 140 cm³/mol. The molecule has 7 heteroatoms. The van der Waals surface area contributed by atoms with Crippen molar-refractivity contribution in [2.24, 2.45) is 5.92 Å². The van der Waals surface area contributed by atoms with Crippen LogP contribution in [0.3, 0.4) is 0 Å². The molecule has 2 atom stereocenters.